The number of halogens is 1. The largest absolute Gasteiger partial charge is 0.378 e. The first-order chi connectivity index (χ1) is 9.98. The molecule has 1 aromatic carbocycles. The number of nitrogens with zero attached hydrogens (tertiary/aromatic N) is 1. The van der Waals surface area contributed by atoms with E-state index in [0.29, 0.717) is 30.5 Å². The number of piperidine rings is 1. The van der Waals surface area contributed by atoms with Crippen molar-refractivity contribution in [3.63, 3.8) is 0 Å². The Hall–Kier alpha value is -0.620. The fraction of sp³-hybridized carbons (Fsp3) is 0.600. The standard InChI is InChI=1S/C15H22ClNO3S/c1-3-20-14-6-8-17(9-7-14)21(18,19)15-5-4-12(2)13(10-15)11-16/h4-5,10,14H,3,6-9,11H2,1-2H3. The molecular formula is C15H22ClNO3S. The summed E-state index contributed by atoms with van der Waals surface area (Å²) < 4.78 is 32.5. The Bertz CT molecular complexity index is 581. The molecule has 0 amide bonds. The first-order valence-corrected chi connectivity index (χ1v) is 9.23. The second-order valence-electron chi connectivity index (χ2n) is 5.28. The molecule has 1 heterocycles. The molecule has 118 valence electrons. The number of hydrogen-bond acceptors (Lipinski definition) is 3. The van der Waals surface area contributed by atoms with E-state index >= 15 is 0 Å². The number of rotatable bonds is 5. The third-order valence-corrected chi connectivity index (χ3v) is 6.09. The molecule has 1 saturated heterocycles. The van der Waals surface area contributed by atoms with Gasteiger partial charge in [0.2, 0.25) is 10.0 Å². The van der Waals surface area contributed by atoms with Gasteiger partial charge in [-0.1, -0.05) is 6.07 Å². The fourth-order valence-electron chi connectivity index (χ4n) is 2.58. The van der Waals surface area contributed by atoms with Gasteiger partial charge in [0.25, 0.3) is 0 Å². The minimum absolute atomic E-state index is 0.179. The lowest BCUT2D eigenvalue weighted by Gasteiger charge is -2.31. The number of ether oxygens (including phenoxy) is 1. The highest BCUT2D eigenvalue weighted by Crippen LogP contribution is 2.24. The molecule has 0 N–H and O–H groups in total. The topological polar surface area (TPSA) is 46.6 Å². The summed E-state index contributed by atoms with van der Waals surface area (Å²) in [5.74, 6) is 0.321. The van der Waals surface area contributed by atoms with E-state index in [1.54, 1.807) is 16.4 Å². The lowest BCUT2D eigenvalue weighted by Crippen LogP contribution is -2.40. The Balaban J connectivity index is 2.15. The zero-order valence-electron chi connectivity index (χ0n) is 12.5. The summed E-state index contributed by atoms with van der Waals surface area (Å²) in [6.07, 6.45) is 1.68. The molecular weight excluding hydrogens is 310 g/mol. The third-order valence-electron chi connectivity index (χ3n) is 3.91. The second kappa shape index (κ2) is 7.09. The zero-order valence-corrected chi connectivity index (χ0v) is 14.1. The molecule has 0 atom stereocenters. The van der Waals surface area contributed by atoms with Gasteiger partial charge in [0.1, 0.15) is 0 Å². The molecule has 1 aliphatic heterocycles. The smallest absolute Gasteiger partial charge is 0.243 e. The van der Waals surface area contributed by atoms with Crippen LogP contribution >= 0.6 is 11.6 Å². The zero-order chi connectivity index (χ0) is 15.5. The Morgan fingerprint density at radius 1 is 1.33 bits per heavy atom. The number of benzene rings is 1. The number of aryl methyl sites for hydroxylation is 1. The van der Waals surface area contributed by atoms with Gasteiger partial charge in [-0.05, 0) is 49.9 Å². The van der Waals surface area contributed by atoms with Crippen molar-refractivity contribution in [1.29, 1.82) is 0 Å². The highest BCUT2D eigenvalue weighted by atomic mass is 35.5. The van der Waals surface area contributed by atoms with Crippen molar-refractivity contribution in [2.24, 2.45) is 0 Å². The minimum atomic E-state index is -3.43. The average Bonchev–Trinajstić information content (AvgIpc) is 2.48. The maximum atomic E-state index is 12.7. The maximum absolute atomic E-state index is 12.7. The monoisotopic (exact) mass is 331 g/mol. The highest BCUT2D eigenvalue weighted by molar-refractivity contribution is 7.89. The molecule has 0 unspecified atom stereocenters. The molecule has 0 spiro atoms. The summed E-state index contributed by atoms with van der Waals surface area (Å²) in [6.45, 7) is 5.59. The van der Waals surface area contributed by atoms with Crippen LogP contribution in [0, 0.1) is 6.92 Å². The summed E-state index contributed by atoms with van der Waals surface area (Å²) in [6, 6.07) is 5.17. The van der Waals surface area contributed by atoms with Gasteiger partial charge in [0.15, 0.2) is 0 Å². The molecule has 1 aliphatic rings. The molecule has 1 aromatic rings. The van der Waals surface area contributed by atoms with Crippen molar-refractivity contribution in [2.45, 2.75) is 43.6 Å². The van der Waals surface area contributed by atoms with Crippen LogP contribution in [0.4, 0.5) is 0 Å². The predicted molar refractivity (Wildman–Crippen MR) is 84.1 cm³/mol. The fourth-order valence-corrected chi connectivity index (χ4v) is 4.38. The summed E-state index contributed by atoms with van der Waals surface area (Å²) in [7, 11) is -3.43. The molecule has 1 fully saturated rings. The van der Waals surface area contributed by atoms with Gasteiger partial charge < -0.3 is 4.74 Å². The van der Waals surface area contributed by atoms with Crippen LogP contribution in [0.5, 0.6) is 0 Å². The van der Waals surface area contributed by atoms with E-state index < -0.39 is 10.0 Å². The van der Waals surface area contributed by atoms with E-state index in [4.69, 9.17) is 16.3 Å². The van der Waals surface area contributed by atoms with Crippen molar-refractivity contribution < 1.29 is 13.2 Å². The Morgan fingerprint density at radius 2 is 2.00 bits per heavy atom. The summed E-state index contributed by atoms with van der Waals surface area (Å²) >= 11 is 5.87. The van der Waals surface area contributed by atoms with E-state index in [-0.39, 0.29) is 6.10 Å². The van der Waals surface area contributed by atoms with Gasteiger partial charge in [-0.2, -0.15) is 4.31 Å². The molecule has 0 aromatic heterocycles. The van der Waals surface area contributed by atoms with Crippen molar-refractivity contribution in [2.75, 3.05) is 19.7 Å². The summed E-state index contributed by atoms with van der Waals surface area (Å²) in [4.78, 5) is 0.332. The van der Waals surface area contributed by atoms with Gasteiger partial charge in [0, 0.05) is 25.6 Å². The van der Waals surface area contributed by atoms with Crippen molar-refractivity contribution >= 4 is 21.6 Å². The molecule has 6 heteroatoms. The molecule has 0 bridgehead atoms. The van der Waals surface area contributed by atoms with Gasteiger partial charge >= 0.3 is 0 Å². The van der Waals surface area contributed by atoms with Crippen LogP contribution in [-0.4, -0.2) is 38.5 Å². The van der Waals surface area contributed by atoms with E-state index in [1.165, 1.54) is 0 Å². The summed E-state index contributed by atoms with van der Waals surface area (Å²) in [5, 5.41) is 0. The molecule has 21 heavy (non-hydrogen) atoms. The number of hydrogen-bond donors (Lipinski definition) is 0. The average molecular weight is 332 g/mol. The van der Waals surface area contributed by atoms with E-state index in [9.17, 15) is 8.42 Å². The molecule has 0 radical (unpaired) electrons. The van der Waals surface area contributed by atoms with Gasteiger partial charge in [0.05, 0.1) is 11.0 Å². The van der Waals surface area contributed by atoms with Crippen LogP contribution in [0.1, 0.15) is 30.9 Å². The Morgan fingerprint density at radius 3 is 2.57 bits per heavy atom. The normalized spacial score (nSPS) is 18.0. The van der Waals surface area contributed by atoms with Crippen molar-refractivity contribution in [3.8, 4) is 0 Å². The minimum Gasteiger partial charge on any atom is -0.378 e. The van der Waals surface area contributed by atoms with Crippen LogP contribution < -0.4 is 0 Å². The van der Waals surface area contributed by atoms with Crippen LogP contribution in [-0.2, 0) is 20.6 Å². The quantitative estimate of drug-likeness (QED) is 0.779. The number of alkyl halides is 1. The van der Waals surface area contributed by atoms with Crippen molar-refractivity contribution in [1.82, 2.24) is 4.31 Å². The molecule has 0 saturated carbocycles. The Labute approximate surface area is 132 Å². The number of sulfonamides is 1. The van der Waals surface area contributed by atoms with Crippen LogP contribution in [0.3, 0.4) is 0 Å². The van der Waals surface area contributed by atoms with Gasteiger partial charge in [-0.15, -0.1) is 11.6 Å². The third kappa shape index (κ3) is 3.77. The highest BCUT2D eigenvalue weighted by Gasteiger charge is 2.29. The maximum Gasteiger partial charge on any atom is 0.243 e. The lowest BCUT2D eigenvalue weighted by molar-refractivity contribution is 0.0290. The van der Waals surface area contributed by atoms with E-state index in [2.05, 4.69) is 0 Å². The van der Waals surface area contributed by atoms with Crippen molar-refractivity contribution in [3.05, 3.63) is 29.3 Å². The SMILES string of the molecule is CCOC1CCN(S(=O)(=O)c2ccc(C)c(CCl)c2)CC1. The van der Waals surface area contributed by atoms with Gasteiger partial charge in [-0.25, -0.2) is 8.42 Å². The molecule has 4 nitrogen and oxygen atoms in total. The molecule has 0 aliphatic carbocycles. The van der Waals surface area contributed by atoms with Crippen LogP contribution in [0.15, 0.2) is 23.1 Å². The first-order valence-electron chi connectivity index (χ1n) is 7.26. The van der Waals surface area contributed by atoms with E-state index in [1.807, 2.05) is 19.9 Å². The van der Waals surface area contributed by atoms with Crippen LogP contribution in [0.2, 0.25) is 0 Å². The van der Waals surface area contributed by atoms with E-state index in [0.717, 1.165) is 24.0 Å². The summed E-state index contributed by atoms with van der Waals surface area (Å²) in [5.41, 5.74) is 1.88. The first kappa shape index (κ1) is 16.7. The lowest BCUT2D eigenvalue weighted by atomic mass is 10.1. The Kier molecular flexibility index (Phi) is 5.66. The molecule has 2 rings (SSSR count). The predicted octanol–water partition coefficient (Wildman–Crippen LogP) is 2.92. The van der Waals surface area contributed by atoms with Crippen LogP contribution in [0.25, 0.3) is 0 Å². The van der Waals surface area contributed by atoms with Gasteiger partial charge in [-0.3, -0.25) is 0 Å². The second-order valence-corrected chi connectivity index (χ2v) is 7.49.